The number of hydrogen-bond acceptors (Lipinski definition) is 3. The Morgan fingerprint density at radius 1 is 1.14 bits per heavy atom. The minimum atomic E-state index is -0.301. The van der Waals surface area contributed by atoms with Crippen LogP contribution in [0, 0.1) is 0 Å². The molecule has 0 bridgehead atoms. The van der Waals surface area contributed by atoms with Crippen LogP contribution < -0.4 is 14.2 Å². The molecule has 0 aliphatic carbocycles. The van der Waals surface area contributed by atoms with Crippen LogP contribution in [0.15, 0.2) is 40.9 Å². The first kappa shape index (κ1) is 14.5. The molecule has 2 aromatic rings. The van der Waals surface area contributed by atoms with Gasteiger partial charge >= 0.3 is 0 Å². The third-order valence-electron chi connectivity index (χ3n) is 3.32. The van der Waals surface area contributed by atoms with E-state index in [0.29, 0.717) is 13.2 Å². The number of halogens is 2. The fourth-order valence-electron chi connectivity index (χ4n) is 2.25. The van der Waals surface area contributed by atoms with Crippen molar-refractivity contribution in [2.45, 2.75) is 5.38 Å². The monoisotopic (exact) mass is 368 g/mol. The summed E-state index contributed by atoms with van der Waals surface area (Å²) in [5.74, 6) is 2.26. The molecule has 1 aliphatic rings. The quantitative estimate of drug-likeness (QED) is 0.743. The van der Waals surface area contributed by atoms with Gasteiger partial charge in [-0.1, -0.05) is 28.1 Å². The van der Waals surface area contributed by atoms with E-state index < -0.39 is 0 Å². The SMILES string of the molecule is COc1cccc(C(Cl)c2cc3c(cc2Br)OCCO3)c1. The van der Waals surface area contributed by atoms with Gasteiger partial charge in [0.25, 0.3) is 0 Å². The van der Waals surface area contributed by atoms with Crippen molar-refractivity contribution in [2.75, 3.05) is 20.3 Å². The van der Waals surface area contributed by atoms with E-state index in [1.165, 1.54) is 0 Å². The first-order valence-electron chi connectivity index (χ1n) is 6.56. The summed E-state index contributed by atoms with van der Waals surface area (Å²) in [5.41, 5.74) is 1.91. The van der Waals surface area contributed by atoms with Crippen LogP contribution in [0.1, 0.15) is 16.5 Å². The van der Waals surface area contributed by atoms with Crippen LogP contribution in [0.3, 0.4) is 0 Å². The normalized spacial score (nSPS) is 14.6. The molecule has 1 heterocycles. The minimum Gasteiger partial charge on any atom is -0.497 e. The zero-order chi connectivity index (χ0) is 14.8. The molecule has 0 radical (unpaired) electrons. The summed E-state index contributed by atoms with van der Waals surface area (Å²) in [6.45, 7) is 1.12. The van der Waals surface area contributed by atoms with Crippen molar-refractivity contribution in [2.24, 2.45) is 0 Å². The van der Waals surface area contributed by atoms with Gasteiger partial charge in [0.1, 0.15) is 19.0 Å². The lowest BCUT2D eigenvalue weighted by Crippen LogP contribution is -2.15. The number of methoxy groups -OCH3 is 1. The molecule has 0 aromatic heterocycles. The molecule has 0 N–H and O–H groups in total. The third-order valence-corrected chi connectivity index (χ3v) is 4.49. The Morgan fingerprint density at radius 3 is 2.57 bits per heavy atom. The predicted octanol–water partition coefficient (Wildman–Crippen LogP) is 4.56. The number of benzene rings is 2. The second kappa shape index (κ2) is 6.16. The Labute approximate surface area is 136 Å². The molecule has 0 saturated carbocycles. The van der Waals surface area contributed by atoms with E-state index in [4.69, 9.17) is 25.8 Å². The molecule has 0 saturated heterocycles. The Kier molecular flexibility index (Phi) is 4.27. The molecule has 1 unspecified atom stereocenters. The third kappa shape index (κ3) is 2.97. The summed E-state index contributed by atoms with van der Waals surface area (Å²) in [4.78, 5) is 0. The van der Waals surface area contributed by atoms with Crippen LogP contribution in [0.25, 0.3) is 0 Å². The maximum atomic E-state index is 6.63. The van der Waals surface area contributed by atoms with Crippen molar-refractivity contribution in [3.05, 3.63) is 52.0 Å². The van der Waals surface area contributed by atoms with Crippen LogP contribution in [0.4, 0.5) is 0 Å². The highest BCUT2D eigenvalue weighted by molar-refractivity contribution is 9.10. The summed E-state index contributed by atoms with van der Waals surface area (Å²) in [5, 5.41) is -0.301. The van der Waals surface area contributed by atoms with Crippen LogP contribution in [0.5, 0.6) is 17.2 Å². The molecule has 1 atom stereocenters. The summed E-state index contributed by atoms with van der Waals surface area (Å²) >= 11 is 10.2. The van der Waals surface area contributed by atoms with Crippen molar-refractivity contribution in [3.8, 4) is 17.2 Å². The van der Waals surface area contributed by atoms with E-state index in [1.807, 2.05) is 36.4 Å². The molecule has 21 heavy (non-hydrogen) atoms. The van der Waals surface area contributed by atoms with Crippen LogP contribution in [-0.4, -0.2) is 20.3 Å². The average molecular weight is 370 g/mol. The van der Waals surface area contributed by atoms with Crippen LogP contribution in [0.2, 0.25) is 0 Å². The van der Waals surface area contributed by atoms with Gasteiger partial charge in [0.2, 0.25) is 0 Å². The first-order valence-corrected chi connectivity index (χ1v) is 7.79. The van der Waals surface area contributed by atoms with Crippen LogP contribution >= 0.6 is 27.5 Å². The standard InChI is InChI=1S/C16H14BrClO3/c1-19-11-4-2-3-10(7-11)16(18)12-8-14-15(9-13(12)17)21-6-5-20-14/h2-4,7-9,16H,5-6H2,1H3. The zero-order valence-corrected chi connectivity index (χ0v) is 13.8. The Bertz CT molecular complexity index is 660. The number of rotatable bonds is 3. The lowest BCUT2D eigenvalue weighted by atomic mass is 10.0. The maximum absolute atomic E-state index is 6.63. The molecular weight excluding hydrogens is 356 g/mol. The number of hydrogen-bond donors (Lipinski definition) is 0. The van der Waals surface area contributed by atoms with Crippen molar-refractivity contribution < 1.29 is 14.2 Å². The summed E-state index contributed by atoms with van der Waals surface area (Å²) < 4.78 is 17.3. The molecular formula is C16H14BrClO3. The van der Waals surface area contributed by atoms with E-state index in [2.05, 4.69) is 15.9 Å². The molecule has 0 amide bonds. The van der Waals surface area contributed by atoms with Gasteiger partial charge in [-0.15, -0.1) is 11.6 Å². The number of alkyl halides is 1. The molecule has 0 spiro atoms. The Hall–Kier alpha value is -1.39. The highest BCUT2D eigenvalue weighted by Crippen LogP contribution is 2.42. The highest BCUT2D eigenvalue weighted by atomic mass is 79.9. The molecule has 110 valence electrons. The topological polar surface area (TPSA) is 27.7 Å². The molecule has 1 aliphatic heterocycles. The average Bonchev–Trinajstić information content (AvgIpc) is 2.53. The lowest BCUT2D eigenvalue weighted by molar-refractivity contribution is 0.171. The summed E-state index contributed by atoms with van der Waals surface area (Å²) in [7, 11) is 1.64. The first-order chi connectivity index (χ1) is 10.2. The molecule has 0 fully saturated rings. The van der Waals surface area contributed by atoms with Gasteiger partial charge in [-0.3, -0.25) is 0 Å². The van der Waals surface area contributed by atoms with Gasteiger partial charge in [-0.2, -0.15) is 0 Å². The highest BCUT2D eigenvalue weighted by Gasteiger charge is 2.20. The van der Waals surface area contributed by atoms with Crippen molar-refractivity contribution in [1.82, 2.24) is 0 Å². The molecule has 5 heteroatoms. The summed E-state index contributed by atoms with van der Waals surface area (Å²) in [6, 6.07) is 11.6. The Morgan fingerprint density at radius 2 is 1.86 bits per heavy atom. The molecule has 3 nitrogen and oxygen atoms in total. The van der Waals surface area contributed by atoms with Gasteiger partial charge in [-0.25, -0.2) is 0 Å². The fraction of sp³-hybridized carbons (Fsp3) is 0.250. The number of fused-ring (bicyclic) bond motifs is 1. The lowest BCUT2D eigenvalue weighted by Gasteiger charge is -2.21. The van der Waals surface area contributed by atoms with Crippen molar-refractivity contribution >= 4 is 27.5 Å². The zero-order valence-electron chi connectivity index (χ0n) is 11.4. The minimum absolute atomic E-state index is 0.301. The van der Waals surface area contributed by atoms with Crippen LogP contribution in [-0.2, 0) is 0 Å². The largest absolute Gasteiger partial charge is 0.497 e. The predicted molar refractivity (Wildman–Crippen MR) is 85.8 cm³/mol. The second-order valence-electron chi connectivity index (χ2n) is 4.66. The van der Waals surface area contributed by atoms with E-state index in [-0.39, 0.29) is 5.38 Å². The van der Waals surface area contributed by atoms with Gasteiger partial charge in [0.15, 0.2) is 11.5 Å². The smallest absolute Gasteiger partial charge is 0.162 e. The fourth-order valence-corrected chi connectivity index (χ4v) is 3.25. The van der Waals surface area contributed by atoms with E-state index in [1.54, 1.807) is 7.11 Å². The van der Waals surface area contributed by atoms with Gasteiger partial charge < -0.3 is 14.2 Å². The van der Waals surface area contributed by atoms with Crippen molar-refractivity contribution in [1.29, 1.82) is 0 Å². The summed E-state index contributed by atoms with van der Waals surface area (Å²) in [6.07, 6.45) is 0. The van der Waals surface area contributed by atoms with Crippen molar-refractivity contribution in [3.63, 3.8) is 0 Å². The Balaban J connectivity index is 1.98. The van der Waals surface area contributed by atoms with E-state index in [0.717, 1.165) is 32.8 Å². The van der Waals surface area contributed by atoms with Gasteiger partial charge in [0, 0.05) is 4.47 Å². The van der Waals surface area contributed by atoms with Gasteiger partial charge in [-0.05, 0) is 35.4 Å². The number of ether oxygens (including phenoxy) is 3. The van der Waals surface area contributed by atoms with E-state index >= 15 is 0 Å². The second-order valence-corrected chi connectivity index (χ2v) is 5.95. The van der Waals surface area contributed by atoms with Gasteiger partial charge in [0.05, 0.1) is 12.5 Å². The van der Waals surface area contributed by atoms with E-state index in [9.17, 15) is 0 Å². The maximum Gasteiger partial charge on any atom is 0.162 e. The molecule has 2 aromatic carbocycles. The molecule has 3 rings (SSSR count).